The van der Waals surface area contributed by atoms with E-state index in [1.807, 2.05) is 72.8 Å². The van der Waals surface area contributed by atoms with E-state index < -0.39 is 0 Å². The Kier molecular flexibility index (Phi) is 6.45. The van der Waals surface area contributed by atoms with Gasteiger partial charge in [-0.2, -0.15) is 0 Å². The average Bonchev–Trinajstić information content (AvgIpc) is 3.12. The van der Waals surface area contributed by atoms with Crippen LogP contribution in [0.15, 0.2) is 78.9 Å². The van der Waals surface area contributed by atoms with E-state index in [9.17, 15) is 4.79 Å². The molecule has 0 aliphatic heterocycles. The molecule has 0 saturated heterocycles. The number of fused-ring (bicyclic) bond motifs is 1. The maximum Gasteiger partial charge on any atom is 0.220 e. The number of carbonyl (C=O) groups excluding carboxylic acids is 1. The van der Waals surface area contributed by atoms with E-state index in [0.717, 1.165) is 33.9 Å². The van der Waals surface area contributed by atoms with E-state index >= 15 is 0 Å². The fourth-order valence-electron chi connectivity index (χ4n) is 3.59. The first-order chi connectivity index (χ1) is 14.7. The molecule has 1 amide bonds. The number of benzene rings is 3. The van der Waals surface area contributed by atoms with Crippen LogP contribution in [0, 0.1) is 0 Å². The van der Waals surface area contributed by atoms with Gasteiger partial charge in [-0.15, -0.1) is 0 Å². The summed E-state index contributed by atoms with van der Waals surface area (Å²) in [5.41, 5.74) is 4.25. The maximum atomic E-state index is 12.2. The van der Waals surface area contributed by atoms with Crippen LogP contribution >= 0.6 is 11.6 Å². The van der Waals surface area contributed by atoms with Crippen molar-refractivity contribution in [1.29, 1.82) is 0 Å². The summed E-state index contributed by atoms with van der Waals surface area (Å²) < 4.78 is 2.19. The van der Waals surface area contributed by atoms with Crippen molar-refractivity contribution in [2.45, 2.75) is 25.8 Å². The largest absolute Gasteiger partial charge is 0.356 e. The lowest BCUT2D eigenvalue weighted by molar-refractivity contribution is -0.121. The Bertz CT molecular complexity index is 1140. The monoisotopic (exact) mass is 417 g/mol. The zero-order valence-electron chi connectivity index (χ0n) is 16.7. The summed E-state index contributed by atoms with van der Waals surface area (Å²) >= 11 is 6.39. The molecule has 0 unspecified atom stereocenters. The second-order valence-corrected chi connectivity index (χ2v) is 7.69. The third kappa shape index (κ3) is 4.89. The molecular formula is C25H24ClN3O. The van der Waals surface area contributed by atoms with Gasteiger partial charge in [-0.3, -0.25) is 4.79 Å². The molecule has 0 bridgehead atoms. The summed E-state index contributed by atoms with van der Waals surface area (Å²) in [7, 11) is 0. The van der Waals surface area contributed by atoms with Crippen LogP contribution in [0.5, 0.6) is 0 Å². The van der Waals surface area contributed by atoms with Gasteiger partial charge in [0.1, 0.15) is 5.82 Å². The highest BCUT2D eigenvalue weighted by Crippen LogP contribution is 2.22. The first-order valence-electron chi connectivity index (χ1n) is 10.2. The van der Waals surface area contributed by atoms with E-state index in [1.165, 1.54) is 5.56 Å². The predicted molar refractivity (Wildman–Crippen MR) is 122 cm³/mol. The second kappa shape index (κ2) is 9.59. The molecule has 4 rings (SSSR count). The summed E-state index contributed by atoms with van der Waals surface area (Å²) in [6.45, 7) is 1.21. The minimum atomic E-state index is 0.0626. The summed E-state index contributed by atoms with van der Waals surface area (Å²) in [6.07, 6.45) is 1.90. The summed E-state index contributed by atoms with van der Waals surface area (Å²) in [5.74, 6) is 1.01. The summed E-state index contributed by atoms with van der Waals surface area (Å²) in [5, 5.41) is 3.78. The van der Waals surface area contributed by atoms with Crippen molar-refractivity contribution in [2.75, 3.05) is 6.54 Å². The number of halogens is 1. The average molecular weight is 418 g/mol. The predicted octanol–water partition coefficient (Wildman–Crippen LogP) is 5.03. The number of carbonyl (C=O) groups is 1. The highest BCUT2D eigenvalue weighted by atomic mass is 35.5. The van der Waals surface area contributed by atoms with Crippen molar-refractivity contribution in [3.63, 3.8) is 0 Å². The summed E-state index contributed by atoms with van der Waals surface area (Å²) in [4.78, 5) is 17.0. The van der Waals surface area contributed by atoms with Crippen molar-refractivity contribution in [1.82, 2.24) is 14.9 Å². The van der Waals surface area contributed by atoms with Crippen LogP contribution in [0.4, 0.5) is 0 Å². The molecule has 0 aliphatic rings. The number of nitrogens with one attached hydrogen (secondary N) is 1. The van der Waals surface area contributed by atoms with Crippen LogP contribution in [0.2, 0.25) is 5.02 Å². The van der Waals surface area contributed by atoms with Gasteiger partial charge in [-0.1, -0.05) is 72.3 Å². The smallest absolute Gasteiger partial charge is 0.220 e. The first kappa shape index (κ1) is 20.2. The molecule has 1 N–H and O–H groups in total. The van der Waals surface area contributed by atoms with Crippen LogP contribution < -0.4 is 5.32 Å². The number of nitrogens with zero attached hydrogens (tertiary/aromatic N) is 2. The standard InChI is InChI=1S/C25H24ClN3O/c26-21-11-5-4-10-20(21)18-29-23-13-7-6-12-22(23)28-24(29)16-17-27-25(30)15-14-19-8-2-1-3-9-19/h1-13H,14-18H2,(H,27,30). The quantitative estimate of drug-likeness (QED) is 0.437. The van der Waals surface area contributed by atoms with Crippen molar-refractivity contribution in [3.05, 3.63) is 101 Å². The zero-order chi connectivity index (χ0) is 20.8. The Morgan fingerprint density at radius 2 is 1.63 bits per heavy atom. The molecule has 152 valence electrons. The van der Waals surface area contributed by atoms with Crippen LogP contribution in [0.25, 0.3) is 11.0 Å². The Hall–Kier alpha value is -3.11. The number of rotatable bonds is 8. The molecule has 30 heavy (non-hydrogen) atoms. The maximum absolute atomic E-state index is 12.2. The molecule has 3 aromatic carbocycles. The lowest BCUT2D eigenvalue weighted by Crippen LogP contribution is -2.26. The van der Waals surface area contributed by atoms with Gasteiger partial charge in [0.25, 0.3) is 0 Å². The number of aryl methyl sites for hydroxylation is 1. The van der Waals surface area contributed by atoms with Gasteiger partial charge in [0, 0.05) is 24.4 Å². The van der Waals surface area contributed by atoms with Crippen molar-refractivity contribution < 1.29 is 4.79 Å². The van der Waals surface area contributed by atoms with Gasteiger partial charge in [0.15, 0.2) is 0 Å². The number of hydrogen-bond donors (Lipinski definition) is 1. The topological polar surface area (TPSA) is 46.9 Å². The van der Waals surface area contributed by atoms with Crippen molar-refractivity contribution in [3.8, 4) is 0 Å². The number of para-hydroxylation sites is 2. The third-order valence-electron chi connectivity index (χ3n) is 5.17. The van der Waals surface area contributed by atoms with Gasteiger partial charge in [-0.05, 0) is 35.7 Å². The third-order valence-corrected chi connectivity index (χ3v) is 5.54. The minimum Gasteiger partial charge on any atom is -0.356 e. The molecule has 0 aliphatic carbocycles. The van der Waals surface area contributed by atoms with E-state index in [0.29, 0.717) is 25.9 Å². The van der Waals surface area contributed by atoms with Gasteiger partial charge < -0.3 is 9.88 Å². The number of amides is 1. The minimum absolute atomic E-state index is 0.0626. The lowest BCUT2D eigenvalue weighted by Gasteiger charge is -2.11. The van der Waals surface area contributed by atoms with E-state index in [2.05, 4.69) is 16.0 Å². The van der Waals surface area contributed by atoms with Crippen molar-refractivity contribution >= 4 is 28.5 Å². The molecule has 4 nitrogen and oxygen atoms in total. The highest BCUT2D eigenvalue weighted by Gasteiger charge is 2.12. The zero-order valence-corrected chi connectivity index (χ0v) is 17.5. The Morgan fingerprint density at radius 3 is 2.47 bits per heavy atom. The molecule has 0 fully saturated rings. The number of imidazole rings is 1. The fourth-order valence-corrected chi connectivity index (χ4v) is 3.79. The molecule has 0 spiro atoms. The van der Waals surface area contributed by atoms with Crippen LogP contribution in [0.3, 0.4) is 0 Å². The lowest BCUT2D eigenvalue weighted by atomic mass is 10.1. The molecule has 5 heteroatoms. The molecule has 1 heterocycles. The summed E-state index contributed by atoms with van der Waals surface area (Å²) in [6, 6.07) is 26.0. The number of hydrogen-bond acceptors (Lipinski definition) is 2. The first-order valence-corrected chi connectivity index (χ1v) is 10.6. The molecular weight excluding hydrogens is 394 g/mol. The molecule has 4 aromatic rings. The van der Waals surface area contributed by atoms with Crippen LogP contribution in [0.1, 0.15) is 23.4 Å². The van der Waals surface area contributed by atoms with Gasteiger partial charge in [0.2, 0.25) is 5.91 Å². The van der Waals surface area contributed by atoms with Crippen molar-refractivity contribution in [2.24, 2.45) is 0 Å². The molecule has 0 radical (unpaired) electrons. The van der Waals surface area contributed by atoms with E-state index in [-0.39, 0.29) is 5.91 Å². The molecule has 1 aromatic heterocycles. The normalized spacial score (nSPS) is 11.0. The number of aromatic nitrogens is 2. The van der Waals surface area contributed by atoms with E-state index in [4.69, 9.17) is 16.6 Å². The second-order valence-electron chi connectivity index (χ2n) is 7.28. The van der Waals surface area contributed by atoms with Gasteiger partial charge >= 0.3 is 0 Å². The Balaban J connectivity index is 1.42. The van der Waals surface area contributed by atoms with Crippen LogP contribution in [-0.4, -0.2) is 22.0 Å². The SMILES string of the molecule is O=C(CCc1ccccc1)NCCc1nc2ccccc2n1Cc1ccccc1Cl. The Morgan fingerprint density at radius 1 is 0.900 bits per heavy atom. The van der Waals surface area contributed by atoms with Gasteiger partial charge in [0.05, 0.1) is 17.6 Å². The van der Waals surface area contributed by atoms with Gasteiger partial charge in [-0.25, -0.2) is 4.98 Å². The highest BCUT2D eigenvalue weighted by molar-refractivity contribution is 6.31. The molecule has 0 atom stereocenters. The van der Waals surface area contributed by atoms with E-state index in [1.54, 1.807) is 0 Å². The fraction of sp³-hybridized carbons (Fsp3) is 0.200. The Labute approximate surface area is 181 Å². The molecule has 0 saturated carbocycles. The van der Waals surface area contributed by atoms with Crippen LogP contribution in [-0.2, 0) is 24.2 Å².